The second-order valence-electron chi connectivity index (χ2n) is 9.87. The molecule has 0 fully saturated rings. The molecule has 0 atom stereocenters. The summed E-state index contributed by atoms with van der Waals surface area (Å²) in [5, 5.41) is 7.31. The largest absolute Gasteiger partial charge is 0.294 e. The summed E-state index contributed by atoms with van der Waals surface area (Å²) in [6, 6.07) is 40.8. The highest BCUT2D eigenvalue weighted by atomic mass is 15.1. The van der Waals surface area contributed by atoms with Gasteiger partial charge in [0.2, 0.25) is 0 Å². The number of hydrogen-bond acceptors (Lipinski definition) is 2. The first-order valence-corrected chi connectivity index (χ1v) is 12.9. The number of fused-ring (bicyclic) bond motifs is 4. The Morgan fingerprint density at radius 3 is 2.18 bits per heavy atom. The van der Waals surface area contributed by atoms with E-state index in [1.54, 1.807) is 0 Å². The summed E-state index contributed by atoms with van der Waals surface area (Å²) >= 11 is 0. The van der Waals surface area contributed by atoms with E-state index in [0.717, 1.165) is 44.8 Å². The molecule has 9 rings (SSSR count). The maximum Gasteiger partial charge on any atom is 0.146 e. The topological polar surface area (TPSA) is 35.1 Å². The SMILES string of the molecule is c1ccc(-n2c3cccc4c5ccccc5n5c(-c6cccc7ccccc67)nc6ccc2c(c43)c65)nc1. The fraction of sp³-hybridized carbons (Fsp3) is 0. The molecule has 4 aromatic heterocycles. The Labute approximate surface area is 217 Å². The van der Waals surface area contributed by atoms with Gasteiger partial charge in [-0.15, -0.1) is 0 Å². The molecule has 9 aromatic rings. The van der Waals surface area contributed by atoms with Gasteiger partial charge in [-0.1, -0.05) is 78.9 Å². The van der Waals surface area contributed by atoms with E-state index in [2.05, 4.69) is 112 Å². The maximum atomic E-state index is 5.31. The Bertz CT molecular complexity index is 2340. The van der Waals surface area contributed by atoms with E-state index in [1.807, 2.05) is 18.3 Å². The minimum absolute atomic E-state index is 0.915. The second-order valence-corrected chi connectivity index (χ2v) is 9.87. The van der Waals surface area contributed by atoms with Crippen LogP contribution in [-0.2, 0) is 0 Å². The zero-order valence-electron chi connectivity index (χ0n) is 20.3. The zero-order chi connectivity index (χ0) is 24.8. The lowest BCUT2D eigenvalue weighted by Crippen LogP contribution is -1.96. The average molecular weight is 485 g/mol. The normalized spacial score (nSPS) is 12.2. The number of aromatic nitrogens is 4. The third-order valence-corrected chi connectivity index (χ3v) is 7.91. The summed E-state index contributed by atoms with van der Waals surface area (Å²) in [6.07, 6.45) is 1.86. The van der Waals surface area contributed by atoms with Gasteiger partial charge < -0.3 is 0 Å². The molecule has 4 heterocycles. The minimum atomic E-state index is 0.915. The quantitative estimate of drug-likeness (QED) is 0.247. The highest BCUT2D eigenvalue weighted by Crippen LogP contribution is 2.44. The van der Waals surface area contributed by atoms with Crippen LogP contribution in [0.15, 0.2) is 121 Å². The molecule has 0 saturated carbocycles. The van der Waals surface area contributed by atoms with Crippen molar-refractivity contribution in [1.82, 2.24) is 18.9 Å². The van der Waals surface area contributed by atoms with E-state index in [1.165, 1.54) is 32.3 Å². The van der Waals surface area contributed by atoms with Gasteiger partial charge in [-0.05, 0) is 52.6 Å². The van der Waals surface area contributed by atoms with Gasteiger partial charge >= 0.3 is 0 Å². The van der Waals surface area contributed by atoms with Gasteiger partial charge in [0.25, 0.3) is 0 Å². The van der Waals surface area contributed by atoms with Gasteiger partial charge in [0.05, 0.1) is 27.6 Å². The molecule has 4 nitrogen and oxygen atoms in total. The summed E-state index contributed by atoms with van der Waals surface area (Å²) in [4.78, 5) is 10.1. The van der Waals surface area contributed by atoms with Crippen molar-refractivity contribution in [2.75, 3.05) is 0 Å². The number of benzene rings is 5. The lowest BCUT2D eigenvalue weighted by atomic mass is 10.0. The molecule has 0 aliphatic carbocycles. The molecule has 0 saturated heterocycles. The van der Waals surface area contributed by atoms with E-state index in [9.17, 15) is 0 Å². The maximum absolute atomic E-state index is 5.31. The van der Waals surface area contributed by atoms with Crippen LogP contribution in [0.3, 0.4) is 0 Å². The van der Waals surface area contributed by atoms with Crippen LogP contribution in [0, 0.1) is 0 Å². The molecule has 38 heavy (non-hydrogen) atoms. The predicted octanol–water partition coefficient (Wildman–Crippen LogP) is 8.39. The number of pyridine rings is 1. The molecule has 0 bridgehead atoms. The molecule has 0 aliphatic heterocycles. The van der Waals surface area contributed by atoms with Crippen molar-refractivity contribution in [2.24, 2.45) is 0 Å². The van der Waals surface area contributed by atoms with Crippen LogP contribution in [-0.4, -0.2) is 18.9 Å². The van der Waals surface area contributed by atoms with Gasteiger partial charge in [0, 0.05) is 27.9 Å². The van der Waals surface area contributed by atoms with Gasteiger partial charge in [-0.25, -0.2) is 9.97 Å². The van der Waals surface area contributed by atoms with Crippen LogP contribution < -0.4 is 0 Å². The number of para-hydroxylation sites is 1. The first-order chi connectivity index (χ1) is 18.9. The van der Waals surface area contributed by atoms with Crippen LogP contribution in [0.5, 0.6) is 0 Å². The van der Waals surface area contributed by atoms with Crippen LogP contribution in [0.2, 0.25) is 0 Å². The highest BCUT2D eigenvalue weighted by Gasteiger charge is 2.24. The van der Waals surface area contributed by atoms with Crippen LogP contribution >= 0.6 is 0 Å². The van der Waals surface area contributed by atoms with Gasteiger partial charge in [0.15, 0.2) is 0 Å². The van der Waals surface area contributed by atoms with Gasteiger partial charge in [0.1, 0.15) is 11.6 Å². The smallest absolute Gasteiger partial charge is 0.146 e. The van der Waals surface area contributed by atoms with E-state index >= 15 is 0 Å². The van der Waals surface area contributed by atoms with Crippen molar-refractivity contribution < 1.29 is 0 Å². The Balaban J connectivity index is 1.60. The molecule has 0 unspecified atom stereocenters. The highest BCUT2D eigenvalue weighted by molar-refractivity contribution is 6.30. The second kappa shape index (κ2) is 7.17. The molecule has 0 radical (unpaired) electrons. The van der Waals surface area contributed by atoms with Crippen LogP contribution in [0.4, 0.5) is 0 Å². The first-order valence-electron chi connectivity index (χ1n) is 12.9. The summed E-state index contributed by atoms with van der Waals surface area (Å²) < 4.78 is 4.67. The summed E-state index contributed by atoms with van der Waals surface area (Å²) in [7, 11) is 0. The number of rotatable bonds is 2. The first kappa shape index (κ1) is 19.9. The van der Waals surface area contributed by atoms with E-state index < -0.39 is 0 Å². The van der Waals surface area contributed by atoms with E-state index in [-0.39, 0.29) is 0 Å². The Hall–Kier alpha value is -5.22. The van der Waals surface area contributed by atoms with E-state index in [4.69, 9.17) is 9.97 Å². The van der Waals surface area contributed by atoms with Crippen molar-refractivity contribution in [1.29, 1.82) is 0 Å². The van der Waals surface area contributed by atoms with Crippen molar-refractivity contribution >= 4 is 59.9 Å². The predicted molar refractivity (Wildman–Crippen MR) is 156 cm³/mol. The molecule has 0 aliphatic rings. The van der Waals surface area contributed by atoms with Crippen LogP contribution in [0.25, 0.3) is 77.1 Å². The average Bonchev–Trinajstić information content (AvgIpc) is 3.49. The summed E-state index contributed by atoms with van der Waals surface area (Å²) in [5.74, 6) is 1.88. The van der Waals surface area contributed by atoms with Crippen LogP contribution in [0.1, 0.15) is 0 Å². The summed E-state index contributed by atoms with van der Waals surface area (Å²) in [5.41, 5.74) is 6.71. The number of hydrogen-bond donors (Lipinski definition) is 0. The van der Waals surface area contributed by atoms with Crippen molar-refractivity contribution in [2.45, 2.75) is 0 Å². The minimum Gasteiger partial charge on any atom is -0.294 e. The molecule has 0 N–H and O–H groups in total. The molecule has 0 spiro atoms. The van der Waals surface area contributed by atoms with Crippen molar-refractivity contribution in [3.63, 3.8) is 0 Å². The lowest BCUT2D eigenvalue weighted by Gasteiger charge is -2.09. The molecule has 4 heteroatoms. The number of imidazole rings is 1. The lowest BCUT2D eigenvalue weighted by molar-refractivity contribution is 1.08. The molecular weight excluding hydrogens is 464 g/mol. The molecular formula is C34H20N4. The Morgan fingerprint density at radius 2 is 1.26 bits per heavy atom. The standard InChI is InChI=1S/C34H20N4/c1-2-11-22-21(9-1)10-7-14-25(22)34-36-26-18-19-29-32-31-24(23-12-3-4-15-27(23)38(34)33(26)32)13-8-16-28(31)37(29)30-17-5-6-20-35-30/h1-20H. The van der Waals surface area contributed by atoms with E-state index in [0.29, 0.717) is 0 Å². The van der Waals surface area contributed by atoms with Crippen molar-refractivity contribution in [3.8, 4) is 17.2 Å². The summed E-state index contributed by atoms with van der Waals surface area (Å²) in [6.45, 7) is 0. The Kier molecular flexibility index (Phi) is 3.76. The monoisotopic (exact) mass is 484 g/mol. The fourth-order valence-electron chi connectivity index (χ4n) is 6.40. The molecule has 0 amide bonds. The fourth-order valence-corrected chi connectivity index (χ4v) is 6.40. The van der Waals surface area contributed by atoms with Gasteiger partial charge in [-0.2, -0.15) is 0 Å². The third-order valence-electron chi connectivity index (χ3n) is 7.91. The third kappa shape index (κ3) is 2.44. The van der Waals surface area contributed by atoms with Gasteiger partial charge in [-0.3, -0.25) is 8.97 Å². The number of nitrogens with zero attached hydrogens (tertiary/aromatic N) is 4. The van der Waals surface area contributed by atoms with Crippen molar-refractivity contribution in [3.05, 3.63) is 121 Å². The molecule has 5 aromatic carbocycles. The zero-order valence-corrected chi connectivity index (χ0v) is 20.3. The molecule has 176 valence electrons. The Morgan fingerprint density at radius 1 is 0.526 bits per heavy atom.